The first-order chi connectivity index (χ1) is 6.50. The van der Waals surface area contributed by atoms with Crippen molar-refractivity contribution >= 4 is 5.97 Å². The van der Waals surface area contributed by atoms with Crippen LogP contribution in [0.2, 0.25) is 0 Å². The van der Waals surface area contributed by atoms with Gasteiger partial charge in [-0.05, 0) is 18.6 Å². The number of carboxylic acids is 1. The van der Waals surface area contributed by atoms with Crippen LogP contribution in [-0.2, 0) is 11.2 Å². The highest BCUT2D eigenvalue weighted by molar-refractivity contribution is 5.72. The van der Waals surface area contributed by atoms with E-state index in [9.17, 15) is 13.6 Å². The lowest BCUT2D eigenvalue weighted by molar-refractivity contribution is -0.142. The van der Waals surface area contributed by atoms with Crippen molar-refractivity contribution < 1.29 is 18.7 Å². The van der Waals surface area contributed by atoms with Crippen LogP contribution in [0.3, 0.4) is 0 Å². The number of aliphatic carboxylic acids is 1. The summed E-state index contributed by atoms with van der Waals surface area (Å²) in [5, 5.41) is 8.31. The number of aryl methyl sites for hydroxylation is 1. The van der Waals surface area contributed by atoms with E-state index in [2.05, 4.69) is 0 Å². The highest BCUT2D eigenvalue weighted by Gasteiger charge is 2.18. The van der Waals surface area contributed by atoms with E-state index in [1.54, 1.807) is 13.0 Å². The molecule has 14 heavy (non-hydrogen) atoms. The summed E-state index contributed by atoms with van der Waals surface area (Å²) in [4.78, 5) is 10.2. The van der Waals surface area contributed by atoms with Crippen LogP contribution in [0.4, 0.5) is 8.78 Å². The van der Waals surface area contributed by atoms with E-state index in [0.29, 0.717) is 0 Å². The maximum Gasteiger partial charge on any atom is 0.338 e. The summed E-state index contributed by atoms with van der Waals surface area (Å²) in [6.45, 7) is 1.73. The number of rotatable bonds is 3. The van der Waals surface area contributed by atoms with Gasteiger partial charge in [-0.15, -0.1) is 0 Å². The summed E-state index contributed by atoms with van der Waals surface area (Å²) in [6.07, 6.45) is -2.48. The van der Waals surface area contributed by atoms with Crippen molar-refractivity contribution in [2.75, 3.05) is 0 Å². The number of hydrogen-bond acceptors (Lipinski definition) is 1. The molecule has 4 heteroatoms. The van der Waals surface area contributed by atoms with Crippen LogP contribution in [0.5, 0.6) is 0 Å². The number of carboxylic acid groups (broad SMARTS) is 1. The van der Waals surface area contributed by atoms with Crippen molar-refractivity contribution in [2.45, 2.75) is 19.5 Å². The Morgan fingerprint density at radius 2 is 2.21 bits per heavy atom. The molecule has 76 valence electrons. The molecule has 0 aliphatic heterocycles. The van der Waals surface area contributed by atoms with Gasteiger partial charge in [-0.25, -0.2) is 13.6 Å². The third-order valence-electron chi connectivity index (χ3n) is 1.87. The largest absolute Gasteiger partial charge is 0.479 e. The van der Waals surface area contributed by atoms with E-state index >= 15 is 0 Å². The molecule has 0 aliphatic rings. The normalized spacial score (nSPS) is 12.5. The zero-order chi connectivity index (χ0) is 10.7. The molecule has 0 heterocycles. The van der Waals surface area contributed by atoms with Gasteiger partial charge < -0.3 is 5.11 Å². The standard InChI is InChI=1S/C10H10F2O2/c1-6-2-3-8(11)7(4-6)5-9(12)10(13)14/h2-4,9H,5H2,1H3,(H,13,14). The minimum Gasteiger partial charge on any atom is -0.479 e. The molecule has 1 N–H and O–H groups in total. The van der Waals surface area contributed by atoms with Gasteiger partial charge in [0.1, 0.15) is 5.82 Å². The molecule has 0 saturated heterocycles. The van der Waals surface area contributed by atoms with Crippen LogP contribution < -0.4 is 0 Å². The van der Waals surface area contributed by atoms with Gasteiger partial charge in [-0.3, -0.25) is 0 Å². The van der Waals surface area contributed by atoms with Crippen molar-refractivity contribution in [1.29, 1.82) is 0 Å². The zero-order valence-corrected chi connectivity index (χ0v) is 7.63. The highest BCUT2D eigenvalue weighted by atomic mass is 19.1. The lowest BCUT2D eigenvalue weighted by atomic mass is 10.1. The Morgan fingerprint density at radius 3 is 2.79 bits per heavy atom. The molecule has 0 bridgehead atoms. The lowest BCUT2D eigenvalue weighted by Gasteiger charge is -2.05. The van der Waals surface area contributed by atoms with Crippen molar-refractivity contribution in [3.8, 4) is 0 Å². The number of halogens is 2. The summed E-state index contributed by atoms with van der Waals surface area (Å²) in [7, 11) is 0. The summed E-state index contributed by atoms with van der Waals surface area (Å²) in [5.74, 6) is -2.13. The van der Waals surface area contributed by atoms with E-state index in [4.69, 9.17) is 5.11 Å². The molecule has 1 rings (SSSR count). The molecule has 1 atom stereocenters. The number of carbonyl (C=O) groups is 1. The fraction of sp³-hybridized carbons (Fsp3) is 0.300. The second-order valence-corrected chi connectivity index (χ2v) is 3.10. The van der Waals surface area contributed by atoms with Gasteiger partial charge in [0.2, 0.25) is 6.17 Å². The first-order valence-electron chi connectivity index (χ1n) is 4.12. The minimum absolute atomic E-state index is 0.0971. The molecule has 0 amide bonds. The predicted molar refractivity (Wildman–Crippen MR) is 47.4 cm³/mol. The Balaban J connectivity index is 2.85. The first kappa shape index (κ1) is 10.6. The van der Waals surface area contributed by atoms with Crippen LogP contribution in [0, 0.1) is 12.7 Å². The van der Waals surface area contributed by atoms with E-state index < -0.39 is 24.4 Å². The first-order valence-corrected chi connectivity index (χ1v) is 4.12. The van der Waals surface area contributed by atoms with Gasteiger partial charge in [0.25, 0.3) is 0 Å². The van der Waals surface area contributed by atoms with Crippen molar-refractivity contribution in [2.24, 2.45) is 0 Å². The molecule has 1 aromatic carbocycles. The molecule has 0 spiro atoms. The van der Waals surface area contributed by atoms with E-state index in [1.165, 1.54) is 12.1 Å². The van der Waals surface area contributed by atoms with E-state index in [-0.39, 0.29) is 5.56 Å². The average molecular weight is 200 g/mol. The SMILES string of the molecule is Cc1ccc(F)c(CC(F)C(=O)O)c1. The second-order valence-electron chi connectivity index (χ2n) is 3.10. The molecule has 1 unspecified atom stereocenters. The predicted octanol–water partition coefficient (Wildman–Crippen LogP) is 2.10. The Hall–Kier alpha value is -1.45. The fourth-order valence-electron chi connectivity index (χ4n) is 1.14. The van der Waals surface area contributed by atoms with Crippen LogP contribution in [0.15, 0.2) is 18.2 Å². The van der Waals surface area contributed by atoms with Gasteiger partial charge in [0.15, 0.2) is 0 Å². The fourth-order valence-corrected chi connectivity index (χ4v) is 1.14. The van der Waals surface area contributed by atoms with E-state index in [1.807, 2.05) is 0 Å². The van der Waals surface area contributed by atoms with Gasteiger partial charge >= 0.3 is 5.97 Å². The third-order valence-corrected chi connectivity index (χ3v) is 1.87. The van der Waals surface area contributed by atoms with Crippen LogP contribution in [0.25, 0.3) is 0 Å². The van der Waals surface area contributed by atoms with E-state index in [0.717, 1.165) is 5.56 Å². The molecule has 2 nitrogen and oxygen atoms in total. The maximum atomic E-state index is 13.0. The number of alkyl halides is 1. The Morgan fingerprint density at radius 1 is 1.57 bits per heavy atom. The summed E-state index contributed by atoms with van der Waals surface area (Å²) in [5.41, 5.74) is 0.874. The molecular formula is C10H10F2O2. The summed E-state index contributed by atoms with van der Waals surface area (Å²) >= 11 is 0. The Kier molecular flexibility index (Phi) is 3.17. The van der Waals surface area contributed by atoms with Crippen molar-refractivity contribution in [3.63, 3.8) is 0 Å². The van der Waals surface area contributed by atoms with Gasteiger partial charge in [0.05, 0.1) is 0 Å². The molecule has 0 aliphatic carbocycles. The number of hydrogen-bond donors (Lipinski definition) is 1. The average Bonchev–Trinajstić information content (AvgIpc) is 2.11. The second kappa shape index (κ2) is 4.17. The Labute approximate surface area is 80.2 Å². The highest BCUT2D eigenvalue weighted by Crippen LogP contribution is 2.13. The zero-order valence-electron chi connectivity index (χ0n) is 7.63. The molecule has 0 fully saturated rings. The topological polar surface area (TPSA) is 37.3 Å². The summed E-state index contributed by atoms with van der Waals surface area (Å²) in [6, 6.07) is 4.21. The van der Waals surface area contributed by atoms with Crippen LogP contribution in [0.1, 0.15) is 11.1 Å². The van der Waals surface area contributed by atoms with Crippen LogP contribution in [-0.4, -0.2) is 17.2 Å². The van der Waals surface area contributed by atoms with Crippen LogP contribution >= 0.6 is 0 Å². The van der Waals surface area contributed by atoms with Gasteiger partial charge in [-0.1, -0.05) is 17.7 Å². The molecule has 0 radical (unpaired) electrons. The minimum atomic E-state index is -2.05. The molecule has 0 aromatic heterocycles. The van der Waals surface area contributed by atoms with Crippen molar-refractivity contribution in [1.82, 2.24) is 0 Å². The van der Waals surface area contributed by atoms with Crippen molar-refractivity contribution in [3.05, 3.63) is 35.1 Å². The maximum absolute atomic E-state index is 13.0. The Bertz CT molecular complexity index is 350. The summed E-state index contributed by atoms with van der Waals surface area (Å²) < 4.78 is 25.8. The number of benzene rings is 1. The molecular weight excluding hydrogens is 190 g/mol. The van der Waals surface area contributed by atoms with Gasteiger partial charge in [-0.2, -0.15) is 0 Å². The molecule has 1 aromatic rings. The molecule has 0 saturated carbocycles. The smallest absolute Gasteiger partial charge is 0.338 e. The quantitative estimate of drug-likeness (QED) is 0.811. The van der Waals surface area contributed by atoms with Gasteiger partial charge in [0, 0.05) is 6.42 Å². The monoisotopic (exact) mass is 200 g/mol. The lowest BCUT2D eigenvalue weighted by Crippen LogP contribution is -2.17. The third kappa shape index (κ3) is 2.52.